The highest BCUT2D eigenvalue weighted by Gasteiger charge is 2.53. The summed E-state index contributed by atoms with van der Waals surface area (Å²) >= 11 is 8.22. The van der Waals surface area contributed by atoms with E-state index in [0.29, 0.717) is 5.57 Å². The Morgan fingerprint density at radius 1 is 1.36 bits per heavy atom. The lowest BCUT2D eigenvalue weighted by atomic mass is 10.0. The summed E-state index contributed by atoms with van der Waals surface area (Å²) in [6, 6.07) is 4.49. The Morgan fingerprint density at radius 3 is 2.85 bits per heavy atom. The number of nitrogens with zero attached hydrogens (tertiary/aromatic N) is 5. The Morgan fingerprint density at radius 2 is 2.15 bits per heavy atom. The van der Waals surface area contributed by atoms with Gasteiger partial charge < -0.3 is 30.9 Å². The molecule has 0 saturated carbocycles. The van der Waals surface area contributed by atoms with Crippen molar-refractivity contribution in [1.29, 1.82) is 0 Å². The fourth-order valence-electron chi connectivity index (χ4n) is 4.19. The molecule has 1 saturated heterocycles. The zero-order valence-corrected chi connectivity index (χ0v) is 22.0. The van der Waals surface area contributed by atoms with Gasteiger partial charge in [0.2, 0.25) is 6.61 Å². The largest absolute Gasteiger partial charge is 0.543 e. The molecule has 1 fully saturated rings. The van der Waals surface area contributed by atoms with E-state index in [1.54, 1.807) is 6.20 Å². The van der Waals surface area contributed by atoms with Crippen LogP contribution in [0.5, 0.6) is 0 Å². The molecule has 0 unspecified atom stereocenters. The van der Waals surface area contributed by atoms with Crippen LogP contribution in [0.25, 0.3) is 5.65 Å². The zero-order chi connectivity index (χ0) is 27.8. The van der Waals surface area contributed by atoms with Crippen molar-refractivity contribution in [2.75, 3.05) is 18.1 Å². The van der Waals surface area contributed by atoms with Crippen molar-refractivity contribution in [3.05, 3.63) is 58.1 Å². The number of hydrogen-bond donors (Lipinski definition) is 3. The van der Waals surface area contributed by atoms with Crippen LogP contribution in [0, 0.1) is 0 Å². The van der Waals surface area contributed by atoms with Crippen molar-refractivity contribution in [1.82, 2.24) is 19.8 Å². The van der Waals surface area contributed by atoms with Gasteiger partial charge in [0.1, 0.15) is 40.4 Å². The number of oxime groups is 1. The molecule has 2 amide bonds. The number of aliphatic carboxylic acids is 2. The molecule has 3 aromatic heterocycles. The number of nitrogens with one attached hydrogen (secondary N) is 1. The number of halogens is 1. The first-order valence-electron chi connectivity index (χ1n) is 11.1. The number of imidazole rings is 1. The molecule has 39 heavy (non-hydrogen) atoms. The second-order valence-corrected chi connectivity index (χ2v) is 11.0. The van der Waals surface area contributed by atoms with Gasteiger partial charge >= 0.3 is 5.97 Å². The van der Waals surface area contributed by atoms with Crippen molar-refractivity contribution < 1.29 is 38.6 Å². The van der Waals surface area contributed by atoms with Gasteiger partial charge in [-0.3, -0.25) is 14.5 Å². The van der Waals surface area contributed by atoms with Gasteiger partial charge in [-0.2, -0.15) is 0 Å². The molecule has 2 atom stereocenters. The number of amides is 2. The predicted octanol–water partition coefficient (Wildman–Crippen LogP) is -1.17. The molecular formula is C22H18ClN7O7S2. The van der Waals surface area contributed by atoms with Crippen LogP contribution in [0.2, 0.25) is 4.34 Å². The third kappa shape index (κ3) is 5.00. The number of β-lactam (4-membered cyclic amide) rings is 1. The third-order valence-electron chi connectivity index (χ3n) is 5.84. The SMILES string of the molecule is Nc1nc(/C(=N/OCC(=O)O)C(=O)N[C@@H]2C(=O)N3C(C(=O)[O-])=C(Cn4cc[n+]5ccccc45)CS[C@@H]23)c(Cl)s1. The molecule has 17 heteroatoms. The number of thiazole rings is 1. The molecule has 4 N–H and O–H groups in total. The van der Waals surface area contributed by atoms with E-state index in [0.717, 1.165) is 21.9 Å². The summed E-state index contributed by atoms with van der Waals surface area (Å²) in [5.41, 5.74) is 6.06. The van der Waals surface area contributed by atoms with E-state index >= 15 is 0 Å². The average Bonchev–Trinajstić information content (AvgIpc) is 3.46. The Kier molecular flexibility index (Phi) is 7.16. The summed E-state index contributed by atoms with van der Waals surface area (Å²) in [7, 11) is 0. The summed E-state index contributed by atoms with van der Waals surface area (Å²) < 4.78 is 3.72. The smallest absolute Gasteiger partial charge is 0.344 e. The molecule has 0 spiro atoms. The van der Waals surface area contributed by atoms with Crippen LogP contribution in [0.1, 0.15) is 5.69 Å². The molecule has 0 radical (unpaired) electrons. The Hall–Kier alpha value is -4.15. The number of aromatic nitrogens is 3. The molecule has 2 aliphatic heterocycles. The lowest BCUT2D eigenvalue weighted by Crippen LogP contribution is -2.71. The topological polar surface area (TPSA) is 196 Å². The highest BCUT2D eigenvalue weighted by Crippen LogP contribution is 2.40. The van der Waals surface area contributed by atoms with Crippen LogP contribution >= 0.6 is 34.7 Å². The molecule has 2 aliphatic rings. The van der Waals surface area contributed by atoms with Crippen molar-refractivity contribution in [3.8, 4) is 0 Å². The number of carbonyl (C=O) groups excluding carboxylic acids is 3. The normalized spacial score (nSPS) is 19.1. The zero-order valence-electron chi connectivity index (χ0n) is 19.6. The van der Waals surface area contributed by atoms with Crippen molar-refractivity contribution in [2.24, 2.45) is 5.16 Å². The van der Waals surface area contributed by atoms with Gasteiger partial charge in [-0.15, -0.1) is 11.8 Å². The Balaban J connectivity index is 1.37. The number of pyridine rings is 1. The van der Waals surface area contributed by atoms with E-state index in [2.05, 4.69) is 15.5 Å². The maximum absolute atomic E-state index is 13.1. The minimum Gasteiger partial charge on any atom is -0.543 e. The summed E-state index contributed by atoms with van der Waals surface area (Å²) in [6.07, 6.45) is 5.49. The maximum atomic E-state index is 13.1. The minimum atomic E-state index is -1.51. The number of fused-ring (bicyclic) bond motifs is 2. The van der Waals surface area contributed by atoms with Gasteiger partial charge in [0.25, 0.3) is 17.5 Å². The minimum absolute atomic E-state index is 0.00330. The molecule has 3 aromatic rings. The van der Waals surface area contributed by atoms with E-state index in [4.69, 9.17) is 27.3 Å². The van der Waals surface area contributed by atoms with Crippen molar-refractivity contribution in [3.63, 3.8) is 0 Å². The number of carboxylic acids is 2. The van der Waals surface area contributed by atoms with Gasteiger partial charge in [0.15, 0.2) is 10.8 Å². The van der Waals surface area contributed by atoms with E-state index in [9.17, 15) is 24.3 Å². The van der Waals surface area contributed by atoms with Crippen molar-refractivity contribution in [2.45, 2.75) is 18.0 Å². The second-order valence-electron chi connectivity index (χ2n) is 8.27. The predicted molar refractivity (Wildman–Crippen MR) is 136 cm³/mol. The summed E-state index contributed by atoms with van der Waals surface area (Å²) in [5, 5.41) is 26.3. The molecule has 5 rings (SSSR count). The molecular weight excluding hydrogens is 574 g/mol. The number of anilines is 1. The molecule has 202 valence electrons. The van der Waals surface area contributed by atoms with Crippen LogP contribution in [0.15, 0.2) is 53.2 Å². The van der Waals surface area contributed by atoms with Gasteiger partial charge in [0, 0.05) is 17.4 Å². The first kappa shape index (κ1) is 26.5. The summed E-state index contributed by atoms with van der Waals surface area (Å²) in [6.45, 7) is -0.633. The lowest BCUT2D eigenvalue weighted by Gasteiger charge is -2.50. The highest BCUT2D eigenvalue weighted by atomic mass is 35.5. The van der Waals surface area contributed by atoms with Gasteiger partial charge in [-0.25, -0.2) is 18.7 Å². The number of rotatable bonds is 9. The molecule has 5 heterocycles. The standard InChI is InChI=1S/C22H18ClN7O7S2/c23-17-13(26-22(24)39-17)14(27-37-8-12(31)32)18(33)25-15-19(34)30-16(21(35)36)10(9-38-20(15)30)7-29-6-5-28-4-2-1-3-11(28)29/h1-6,15,20H,7-9H2,(H4-,24,25,26,31,32,33,35,36)/b27-14-/t15-,20+/m1/s1. The summed E-state index contributed by atoms with van der Waals surface area (Å²) in [5.74, 6) is -4.19. The van der Waals surface area contributed by atoms with E-state index in [-0.39, 0.29) is 33.2 Å². The maximum Gasteiger partial charge on any atom is 0.344 e. The monoisotopic (exact) mass is 591 g/mol. The number of nitrogen functional groups attached to an aromatic ring is 1. The number of thioether (sulfide) groups is 1. The van der Waals surface area contributed by atoms with Crippen LogP contribution in [0.3, 0.4) is 0 Å². The number of carbonyl (C=O) groups is 4. The summed E-state index contributed by atoms with van der Waals surface area (Å²) in [4.78, 5) is 58.8. The van der Waals surface area contributed by atoms with Crippen LogP contribution in [-0.2, 0) is 30.6 Å². The molecule has 0 bridgehead atoms. The molecule has 0 aromatic carbocycles. The molecule has 14 nitrogen and oxygen atoms in total. The van der Waals surface area contributed by atoms with Gasteiger partial charge in [-0.05, 0) is 6.07 Å². The third-order valence-corrected chi connectivity index (χ3v) is 8.27. The second kappa shape index (κ2) is 10.5. The Labute approximate surface area is 232 Å². The van der Waals surface area contributed by atoms with Gasteiger partial charge in [-0.1, -0.05) is 34.2 Å². The van der Waals surface area contributed by atoms with Crippen molar-refractivity contribution >= 4 is 74.9 Å². The van der Waals surface area contributed by atoms with E-state index < -0.39 is 47.5 Å². The number of carboxylic acid groups (broad SMARTS) is 2. The first-order chi connectivity index (χ1) is 18.7. The fourth-order valence-corrected chi connectivity index (χ4v) is 6.46. The Bertz CT molecular complexity index is 1580. The average molecular weight is 592 g/mol. The molecule has 0 aliphatic carbocycles. The van der Waals surface area contributed by atoms with Gasteiger partial charge in [0.05, 0.1) is 17.9 Å². The van der Waals surface area contributed by atoms with Crippen LogP contribution in [0.4, 0.5) is 5.13 Å². The fraction of sp³-hybridized carbons (Fsp3) is 0.227. The number of hydrogen-bond acceptors (Lipinski definition) is 11. The highest BCUT2D eigenvalue weighted by molar-refractivity contribution is 8.00. The van der Waals surface area contributed by atoms with E-state index in [1.807, 2.05) is 39.6 Å². The van der Waals surface area contributed by atoms with Crippen LogP contribution in [-0.4, -0.2) is 72.8 Å². The first-order valence-corrected chi connectivity index (χ1v) is 13.4. The number of nitrogens with two attached hydrogens (primary N) is 1. The quantitative estimate of drug-likeness (QED) is 0.118. The van der Waals surface area contributed by atoms with E-state index in [1.165, 1.54) is 11.8 Å². The van der Waals surface area contributed by atoms with Crippen LogP contribution < -0.4 is 20.6 Å². The lowest BCUT2D eigenvalue weighted by molar-refractivity contribution is -0.510.